The molecule has 4 rings (SSSR count). The molecule has 3 N–H and O–H groups in total. The number of hydrogen-bond donors (Lipinski definition) is 3. The number of aromatic amines is 1. The first-order valence-electron chi connectivity index (χ1n) is 8.79. The third-order valence-electron chi connectivity index (χ3n) is 4.62. The minimum atomic E-state index is -0.409. The molecule has 0 bridgehead atoms. The Hall–Kier alpha value is -2.93. The van der Waals surface area contributed by atoms with Gasteiger partial charge in [-0.15, -0.1) is 0 Å². The van der Waals surface area contributed by atoms with Crippen molar-refractivity contribution in [3.05, 3.63) is 53.6 Å². The summed E-state index contributed by atoms with van der Waals surface area (Å²) in [6.07, 6.45) is 3.57. The fraction of sp³-hybridized carbons (Fsp3) is 0.250. The number of aromatic hydroxyl groups is 1. The highest BCUT2D eigenvalue weighted by Gasteiger charge is 2.15. The van der Waals surface area contributed by atoms with Crippen molar-refractivity contribution in [2.24, 2.45) is 4.99 Å². The second-order valence-corrected chi connectivity index (χ2v) is 6.52. The lowest BCUT2D eigenvalue weighted by molar-refractivity contribution is 0.120. The van der Waals surface area contributed by atoms with Gasteiger partial charge in [0, 0.05) is 30.8 Å². The van der Waals surface area contributed by atoms with Crippen molar-refractivity contribution in [2.75, 3.05) is 18.5 Å². The van der Waals surface area contributed by atoms with Gasteiger partial charge in [0.2, 0.25) is 0 Å². The Morgan fingerprint density at radius 3 is 2.93 bits per heavy atom. The second kappa shape index (κ2) is 7.36. The van der Waals surface area contributed by atoms with E-state index < -0.39 is 11.6 Å². The third-order valence-corrected chi connectivity index (χ3v) is 4.62. The predicted molar refractivity (Wildman–Crippen MR) is 101 cm³/mol. The van der Waals surface area contributed by atoms with E-state index in [1.807, 2.05) is 0 Å². The van der Waals surface area contributed by atoms with Crippen molar-refractivity contribution in [3.63, 3.8) is 0 Å². The number of fused-ring (bicyclic) bond motifs is 1. The Bertz CT molecular complexity index is 994. The van der Waals surface area contributed by atoms with Crippen LogP contribution in [0.1, 0.15) is 18.4 Å². The number of nitrogens with zero attached hydrogens (tertiary/aromatic N) is 1. The van der Waals surface area contributed by atoms with Crippen LogP contribution in [0.4, 0.5) is 20.2 Å². The van der Waals surface area contributed by atoms with E-state index in [1.165, 1.54) is 24.4 Å². The molecule has 1 aliphatic heterocycles. The summed E-state index contributed by atoms with van der Waals surface area (Å²) in [6, 6.07) is 8.78. The minimum absolute atomic E-state index is 0.116. The first-order chi connectivity index (χ1) is 13.1. The van der Waals surface area contributed by atoms with E-state index in [4.69, 9.17) is 4.74 Å². The van der Waals surface area contributed by atoms with Crippen molar-refractivity contribution in [1.29, 1.82) is 0 Å². The summed E-state index contributed by atoms with van der Waals surface area (Å²) in [7, 11) is 0. The van der Waals surface area contributed by atoms with E-state index in [-0.39, 0.29) is 12.0 Å². The van der Waals surface area contributed by atoms with Crippen molar-refractivity contribution in [3.8, 4) is 5.88 Å². The molecular formula is C20H19F2N3O2. The molecule has 1 saturated heterocycles. The molecule has 0 spiro atoms. The lowest BCUT2D eigenvalue weighted by Gasteiger charge is -2.12. The number of anilines is 1. The maximum atomic E-state index is 14.3. The number of rotatable bonds is 5. The van der Waals surface area contributed by atoms with Crippen LogP contribution >= 0.6 is 0 Å². The van der Waals surface area contributed by atoms with Crippen LogP contribution in [-0.2, 0) is 4.74 Å². The average Bonchev–Trinajstić information content (AvgIpc) is 3.26. The summed E-state index contributed by atoms with van der Waals surface area (Å²) in [5, 5.41) is 13.7. The molecule has 1 unspecified atom stereocenters. The van der Waals surface area contributed by atoms with E-state index in [2.05, 4.69) is 15.3 Å². The number of ether oxygens (including phenoxy) is 1. The molecule has 1 atom stereocenters. The zero-order valence-corrected chi connectivity index (χ0v) is 14.5. The first kappa shape index (κ1) is 17.5. The Morgan fingerprint density at radius 1 is 1.26 bits per heavy atom. The van der Waals surface area contributed by atoms with Crippen LogP contribution in [0, 0.1) is 11.6 Å². The highest BCUT2D eigenvalue weighted by Crippen LogP contribution is 2.27. The Kier molecular flexibility index (Phi) is 4.77. The summed E-state index contributed by atoms with van der Waals surface area (Å²) < 4.78 is 33.1. The quantitative estimate of drug-likeness (QED) is 0.579. The second-order valence-electron chi connectivity index (χ2n) is 6.52. The van der Waals surface area contributed by atoms with E-state index >= 15 is 0 Å². The van der Waals surface area contributed by atoms with Crippen LogP contribution < -0.4 is 5.32 Å². The van der Waals surface area contributed by atoms with Gasteiger partial charge in [-0.05, 0) is 43.2 Å². The molecule has 3 aromatic rings. The van der Waals surface area contributed by atoms with E-state index in [9.17, 15) is 13.9 Å². The molecule has 2 heterocycles. The summed E-state index contributed by atoms with van der Waals surface area (Å²) in [5.41, 5.74) is 1.70. The van der Waals surface area contributed by atoms with Crippen molar-refractivity contribution >= 4 is 28.5 Å². The van der Waals surface area contributed by atoms with Gasteiger partial charge < -0.3 is 20.1 Å². The zero-order chi connectivity index (χ0) is 18.8. The van der Waals surface area contributed by atoms with Gasteiger partial charge in [-0.1, -0.05) is 0 Å². The number of benzene rings is 2. The molecule has 1 aliphatic rings. The molecule has 0 amide bonds. The van der Waals surface area contributed by atoms with Crippen molar-refractivity contribution < 1.29 is 18.6 Å². The number of aliphatic imine (C=N–C) groups is 1. The molecule has 0 radical (unpaired) electrons. The van der Waals surface area contributed by atoms with Gasteiger partial charge in [0.15, 0.2) is 5.88 Å². The van der Waals surface area contributed by atoms with Crippen LogP contribution in [0.25, 0.3) is 10.9 Å². The molecule has 5 nitrogen and oxygen atoms in total. The smallest absolute Gasteiger partial charge is 0.198 e. The normalized spacial score (nSPS) is 17.2. The molecular weight excluding hydrogens is 352 g/mol. The van der Waals surface area contributed by atoms with Gasteiger partial charge in [-0.3, -0.25) is 4.99 Å². The molecule has 1 aromatic heterocycles. The Labute approximate surface area is 154 Å². The summed E-state index contributed by atoms with van der Waals surface area (Å²) in [6.45, 7) is 1.33. The molecule has 2 aromatic carbocycles. The fourth-order valence-corrected chi connectivity index (χ4v) is 3.20. The number of hydrogen-bond acceptors (Lipinski definition) is 4. The van der Waals surface area contributed by atoms with Crippen LogP contribution in [-0.4, -0.2) is 35.6 Å². The number of halogens is 2. The highest BCUT2D eigenvalue weighted by molar-refractivity contribution is 6.02. The van der Waals surface area contributed by atoms with Gasteiger partial charge in [0.1, 0.15) is 11.6 Å². The van der Waals surface area contributed by atoms with Crippen LogP contribution in [0.3, 0.4) is 0 Å². The maximum Gasteiger partial charge on any atom is 0.198 e. The molecule has 1 fully saturated rings. The predicted octanol–water partition coefficient (Wildman–Crippen LogP) is 4.49. The van der Waals surface area contributed by atoms with Gasteiger partial charge >= 0.3 is 0 Å². The topological polar surface area (TPSA) is 69.6 Å². The zero-order valence-electron chi connectivity index (χ0n) is 14.5. The average molecular weight is 371 g/mol. The number of aromatic nitrogens is 1. The molecule has 7 heteroatoms. The molecule has 140 valence electrons. The Morgan fingerprint density at radius 2 is 2.15 bits per heavy atom. The van der Waals surface area contributed by atoms with E-state index in [0.29, 0.717) is 34.4 Å². The largest absolute Gasteiger partial charge is 0.494 e. The number of H-pyrrole nitrogens is 1. The highest BCUT2D eigenvalue weighted by atomic mass is 19.1. The standard InChI is InChI=1S/C20H19F2N3O2/c21-12-3-5-15-16(20(26)25-19(15)8-12)11-23-13-4-6-18(17(22)9-13)24-10-14-2-1-7-27-14/h3-6,8-9,11,14,24-26H,1-2,7,10H2. The molecule has 0 aliphatic carbocycles. The van der Waals surface area contributed by atoms with Gasteiger partial charge in [-0.2, -0.15) is 0 Å². The van der Waals surface area contributed by atoms with Crippen LogP contribution in [0.15, 0.2) is 41.4 Å². The lowest BCUT2D eigenvalue weighted by atomic mass is 10.2. The summed E-state index contributed by atoms with van der Waals surface area (Å²) in [4.78, 5) is 6.93. The SMILES string of the molecule is Oc1[nH]c2cc(F)ccc2c1C=Nc1ccc(NCC2CCCO2)c(F)c1. The maximum absolute atomic E-state index is 14.3. The first-order valence-corrected chi connectivity index (χ1v) is 8.79. The summed E-state index contributed by atoms with van der Waals surface area (Å²) in [5.74, 6) is -0.928. The van der Waals surface area contributed by atoms with E-state index in [1.54, 1.807) is 18.2 Å². The van der Waals surface area contributed by atoms with E-state index in [0.717, 1.165) is 19.4 Å². The summed E-state index contributed by atoms with van der Waals surface area (Å²) >= 11 is 0. The van der Waals surface area contributed by atoms with Gasteiger partial charge in [0.25, 0.3) is 0 Å². The van der Waals surface area contributed by atoms with Crippen LogP contribution in [0.5, 0.6) is 5.88 Å². The lowest BCUT2D eigenvalue weighted by Crippen LogP contribution is -2.18. The molecule has 27 heavy (non-hydrogen) atoms. The monoisotopic (exact) mass is 371 g/mol. The van der Waals surface area contributed by atoms with Crippen molar-refractivity contribution in [1.82, 2.24) is 4.98 Å². The van der Waals surface area contributed by atoms with Gasteiger partial charge in [-0.25, -0.2) is 8.78 Å². The van der Waals surface area contributed by atoms with Crippen LogP contribution in [0.2, 0.25) is 0 Å². The van der Waals surface area contributed by atoms with Gasteiger partial charge in [0.05, 0.1) is 28.6 Å². The third kappa shape index (κ3) is 3.78. The minimum Gasteiger partial charge on any atom is -0.494 e. The number of nitrogens with one attached hydrogen (secondary N) is 2. The Balaban J connectivity index is 1.51. The van der Waals surface area contributed by atoms with Crippen molar-refractivity contribution in [2.45, 2.75) is 18.9 Å². The molecule has 0 saturated carbocycles. The fourth-order valence-electron chi connectivity index (χ4n) is 3.20.